The summed E-state index contributed by atoms with van der Waals surface area (Å²) in [6.45, 7) is 2.24. The van der Waals surface area contributed by atoms with Crippen LogP contribution in [-0.2, 0) is 14.6 Å². The summed E-state index contributed by atoms with van der Waals surface area (Å²) in [6, 6.07) is 0. The van der Waals surface area contributed by atoms with Gasteiger partial charge in [0.2, 0.25) is 10.4 Å². The van der Waals surface area contributed by atoms with Crippen LogP contribution in [-0.4, -0.2) is 25.5 Å². The third kappa shape index (κ3) is 36.9. The second-order valence-electron chi connectivity index (χ2n) is 4.87. The first-order valence-corrected chi connectivity index (χ1v) is 8.82. The predicted octanol–water partition coefficient (Wildman–Crippen LogP) is -0.773. The zero-order valence-corrected chi connectivity index (χ0v) is 16.8. The summed E-state index contributed by atoms with van der Waals surface area (Å²) in [5, 5.41) is 6.06. The fraction of sp³-hybridized carbons (Fsp3) is 0.923. The van der Waals surface area contributed by atoms with E-state index in [0.29, 0.717) is 6.42 Å². The van der Waals surface area contributed by atoms with E-state index in [9.17, 15) is 13.0 Å². The van der Waals surface area contributed by atoms with Crippen molar-refractivity contribution in [3.8, 4) is 0 Å². The number of unbranched alkanes of at least 4 members (excludes halogenated alkanes) is 9. The van der Waals surface area contributed by atoms with Crippen molar-refractivity contribution in [3.05, 3.63) is 0 Å². The van der Waals surface area contributed by atoms with Crippen LogP contribution in [0.4, 0.5) is 0 Å². The summed E-state index contributed by atoms with van der Waals surface area (Å²) in [4.78, 5) is 0. The predicted molar refractivity (Wildman–Crippen MR) is 83.6 cm³/mol. The molecular formula is C13H30N3NaO4S. The fourth-order valence-electron chi connectivity index (χ4n) is 1.75. The average molecular weight is 347 g/mol. The minimum absolute atomic E-state index is 0. The first-order valence-electron chi connectivity index (χ1n) is 7.49. The van der Waals surface area contributed by atoms with Crippen molar-refractivity contribution in [1.29, 1.82) is 5.41 Å². The summed E-state index contributed by atoms with van der Waals surface area (Å²) in [5.41, 5.74) is 8.94. The maximum Gasteiger partial charge on any atom is 1.00 e. The first-order chi connectivity index (χ1) is 9.79. The van der Waals surface area contributed by atoms with Crippen molar-refractivity contribution in [3.63, 3.8) is 0 Å². The van der Waals surface area contributed by atoms with Gasteiger partial charge in [0, 0.05) is 0 Å². The van der Waals surface area contributed by atoms with E-state index in [1.54, 1.807) is 0 Å². The molecular weight excluding hydrogens is 317 g/mol. The summed E-state index contributed by atoms with van der Waals surface area (Å²) in [5.74, 6) is -0.333. The van der Waals surface area contributed by atoms with Gasteiger partial charge in [-0.1, -0.05) is 64.7 Å². The molecule has 0 amide bonds. The third-order valence-electron chi connectivity index (χ3n) is 2.73. The second-order valence-corrected chi connectivity index (χ2v) is 5.92. The molecule has 0 heterocycles. The molecule has 22 heavy (non-hydrogen) atoms. The maximum atomic E-state index is 10.1. The number of hydrogen-bond donors (Lipinski definition) is 3. The van der Waals surface area contributed by atoms with Gasteiger partial charge in [-0.05, 0) is 6.42 Å². The van der Waals surface area contributed by atoms with Crippen LogP contribution >= 0.6 is 0 Å². The van der Waals surface area contributed by atoms with Crippen molar-refractivity contribution in [1.82, 2.24) is 0 Å². The zero-order chi connectivity index (χ0) is 16.6. The van der Waals surface area contributed by atoms with Crippen LogP contribution < -0.4 is 41.0 Å². The monoisotopic (exact) mass is 347 g/mol. The molecule has 0 aromatic heterocycles. The standard InChI is InChI=1S/C12H26O4S.CH5N3.Na/c1-2-3-4-5-6-7-8-9-10-11-12-16-17(13,14)15;2-1(3)4;/h2-12H2,1H3,(H,13,14,15);(H5,2,3,4);/q;;+1/p-1. The van der Waals surface area contributed by atoms with E-state index in [1.165, 1.54) is 44.9 Å². The van der Waals surface area contributed by atoms with E-state index >= 15 is 0 Å². The topological polar surface area (TPSA) is 142 Å². The zero-order valence-electron chi connectivity index (χ0n) is 14.0. The SMILES string of the molecule is CCCCCCCCCCCCOS(=O)(=O)[O-].N=C(N)N.[Na+]. The molecule has 5 N–H and O–H groups in total. The van der Waals surface area contributed by atoms with Gasteiger partial charge in [0.25, 0.3) is 0 Å². The van der Waals surface area contributed by atoms with E-state index in [1.807, 2.05) is 0 Å². The van der Waals surface area contributed by atoms with Crippen molar-refractivity contribution >= 4 is 16.4 Å². The summed E-state index contributed by atoms with van der Waals surface area (Å²) in [6.07, 6.45) is 11.7. The Morgan fingerprint density at radius 3 is 1.59 bits per heavy atom. The van der Waals surface area contributed by atoms with Gasteiger partial charge in [0.05, 0.1) is 6.61 Å². The smallest absolute Gasteiger partial charge is 0.726 e. The normalized spacial score (nSPS) is 10.3. The molecule has 0 atom stereocenters. The Morgan fingerprint density at radius 2 is 1.27 bits per heavy atom. The molecule has 0 aliphatic rings. The molecule has 0 unspecified atom stereocenters. The van der Waals surface area contributed by atoms with Gasteiger partial charge < -0.3 is 16.0 Å². The molecule has 0 rings (SSSR count). The van der Waals surface area contributed by atoms with Crippen LogP contribution in [0.1, 0.15) is 71.1 Å². The Balaban J connectivity index is -0.000000640. The Bertz CT molecular complexity index is 336. The molecule has 0 radical (unpaired) electrons. The van der Waals surface area contributed by atoms with Crippen molar-refractivity contribution in [2.24, 2.45) is 11.5 Å². The fourth-order valence-corrected chi connectivity index (χ4v) is 2.07. The van der Waals surface area contributed by atoms with E-state index in [-0.39, 0.29) is 42.1 Å². The molecule has 0 aliphatic heterocycles. The van der Waals surface area contributed by atoms with Gasteiger partial charge in [0.15, 0.2) is 5.96 Å². The quantitative estimate of drug-likeness (QED) is 0.106. The van der Waals surface area contributed by atoms with E-state index < -0.39 is 10.4 Å². The summed E-state index contributed by atoms with van der Waals surface area (Å²) >= 11 is 0. The minimum Gasteiger partial charge on any atom is -0.726 e. The molecule has 0 aromatic rings. The van der Waals surface area contributed by atoms with Crippen LogP contribution in [0.5, 0.6) is 0 Å². The molecule has 0 saturated carbocycles. The van der Waals surface area contributed by atoms with Crippen LogP contribution in [0.2, 0.25) is 0 Å². The summed E-state index contributed by atoms with van der Waals surface area (Å²) in [7, 11) is -4.48. The van der Waals surface area contributed by atoms with Gasteiger partial charge in [-0.2, -0.15) is 0 Å². The number of nitrogens with two attached hydrogens (primary N) is 2. The summed E-state index contributed by atoms with van der Waals surface area (Å²) < 4.78 is 34.5. The Labute approximate surface area is 157 Å². The largest absolute Gasteiger partial charge is 1.00 e. The molecule has 9 heteroatoms. The van der Waals surface area contributed by atoms with Gasteiger partial charge >= 0.3 is 29.6 Å². The van der Waals surface area contributed by atoms with Crippen LogP contribution in [0.25, 0.3) is 0 Å². The number of rotatable bonds is 12. The van der Waals surface area contributed by atoms with Crippen LogP contribution in [0.15, 0.2) is 0 Å². The van der Waals surface area contributed by atoms with Crippen molar-refractivity contribution < 1.29 is 46.7 Å². The molecule has 0 aliphatic carbocycles. The second kappa shape index (κ2) is 19.2. The Hall–Kier alpha value is 0.140. The van der Waals surface area contributed by atoms with Gasteiger partial charge in [0.1, 0.15) is 0 Å². The minimum atomic E-state index is -4.48. The number of guanidine groups is 1. The molecule has 0 fully saturated rings. The number of nitrogens with one attached hydrogen (secondary N) is 1. The molecule has 128 valence electrons. The molecule has 7 nitrogen and oxygen atoms in total. The van der Waals surface area contributed by atoms with E-state index in [0.717, 1.165) is 12.8 Å². The third-order valence-corrected chi connectivity index (χ3v) is 3.18. The van der Waals surface area contributed by atoms with E-state index in [2.05, 4.69) is 22.6 Å². The van der Waals surface area contributed by atoms with Gasteiger partial charge in [-0.15, -0.1) is 0 Å². The van der Waals surface area contributed by atoms with Crippen molar-refractivity contribution in [2.45, 2.75) is 71.1 Å². The molecule has 0 bridgehead atoms. The first kappa shape index (κ1) is 27.0. The molecule has 0 saturated heterocycles. The molecule has 0 aromatic carbocycles. The van der Waals surface area contributed by atoms with Gasteiger partial charge in [-0.3, -0.25) is 9.59 Å². The Kier molecular flexibility index (Phi) is 23.6. The van der Waals surface area contributed by atoms with Crippen LogP contribution in [0, 0.1) is 5.41 Å². The Morgan fingerprint density at radius 1 is 0.955 bits per heavy atom. The van der Waals surface area contributed by atoms with Crippen molar-refractivity contribution in [2.75, 3.05) is 6.61 Å². The average Bonchev–Trinajstić information content (AvgIpc) is 2.34. The van der Waals surface area contributed by atoms with Gasteiger partial charge in [-0.25, -0.2) is 8.42 Å². The van der Waals surface area contributed by atoms with Crippen LogP contribution in [0.3, 0.4) is 0 Å². The molecule has 0 spiro atoms. The maximum absolute atomic E-state index is 10.1. The number of hydrogen-bond acceptors (Lipinski definition) is 5. The van der Waals surface area contributed by atoms with E-state index in [4.69, 9.17) is 5.41 Å².